The summed E-state index contributed by atoms with van der Waals surface area (Å²) in [5, 5.41) is 0.274. The Morgan fingerprint density at radius 1 is 1.29 bits per heavy atom. The van der Waals surface area contributed by atoms with Crippen LogP contribution in [0.1, 0.15) is 10.6 Å². The molecular weight excluding hydrogens is 277 g/mol. The first-order chi connectivity index (χ1) is 8.04. The van der Waals surface area contributed by atoms with Gasteiger partial charge in [0.1, 0.15) is 5.82 Å². The van der Waals surface area contributed by atoms with Gasteiger partial charge in [0.2, 0.25) is 5.28 Å². The first-order valence-corrected chi connectivity index (χ1v) is 6.58. The average Bonchev–Trinajstić information content (AvgIpc) is 2.62. The smallest absolute Gasteiger partial charge is 0.224 e. The van der Waals surface area contributed by atoms with Crippen LogP contribution in [0.3, 0.4) is 0 Å². The van der Waals surface area contributed by atoms with Crippen molar-refractivity contribution >= 4 is 40.4 Å². The molecule has 90 valence electrons. The molecule has 0 bridgehead atoms. The Morgan fingerprint density at radius 3 is 2.65 bits per heavy atom. The summed E-state index contributed by atoms with van der Waals surface area (Å²) in [6, 6.07) is 5.81. The van der Waals surface area contributed by atoms with E-state index in [-0.39, 0.29) is 5.28 Å². The van der Waals surface area contributed by atoms with Crippen molar-refractivity contribution in [1.82, 2.24) is 9.97 Å². The van der Waals surface area contributed by atoms with Crippen molar-refractivity contribution in [3.8, 4) is 0 Å². The Balaban J connectivity index is 2.16. The van der Waals surface area contributed by atoms with Gasteiger partial charge in [0, 0.05) is 23.7 Å². The topological polar surface area (TPSA) is 29.0 Å². The molecule has 0 saturated heterocycles. The fraction of sp³-hybridized carbons (Fsp3) is 0.273. The van der Waals surface area contributed by atoms with Crippen LogP contribution in [0.25, 0.3) is 0 Å². The van der Waals surface area contributed by atoms with Gasteiger partial charge in [0.05, 0.1) is 10.9 Å². The summed E-state index contributed by atoms with van der Waals surface area (Å²) in [4.78, 5) is 11.4. The highest BCUT2D eigenvalue weighted by Gasteiger charge is 2.07. The molecule has 17 heavy (non-hydrogen) atoms. The van der Waals surface area contributed by atoms with Crippen LogP contribution in [0.5, 0.6) is 0 Å². The lowest BCUT2D eigenvalue weighted by molar-refractivity contribution is 0.899. The van der Waals surface area contributed by atoms with Gasteiger partial charge in [-0.1, -0.05) is 11.6 Å². The van der Waals surface area contributed by atoms with E-state index < -0.39 is 0 Å². The van der Waals surface area contributed by atoms with Crippen LogP contribution < -0.4 is 4.90 Å². The highest BCUT2D eigenvalue weighted by Crippen LogP contribution is 2.24. The summed E-state index contributed by atoms with van der Waals surface area (Å²) in [6.07, 6.45) is 0. The quantitative estimate of drug-likeness (QED) is 0.805. The normalized spacial score (nSPS) is 10.6. The van der Waals surface area contributed by atoms with E-state index in [2.05, 4.69) is 9.97 Å². The molecule has 0 N–H and O–H groups in total. The highest BCUT2D eigenvalue weighted by atomic mass is 35.5. The maximum Gasteiger partial charge on any atom is 0.224 e. The van der Waals surface area contributed by atoms with Gasteiger partial charge < -0.3 is 4.90 Å². The number of aryl methyl sites for hydroxylation is 1. The van der Waals surface area contributed by atoms with Crippen molar-refractivity contribution in [2.45, 2.75) is 13.5 Å². The third-order valence-corrected chi connectivity index (χ3v) is 3.61. The van der Waals surface area contributed by atoms with Crippen LogP contribution in [-0.4, -0.2) is 17.0 Å². The Hall–Kier alpha value is -0.840. The van der Waals surface area contributed by atoms with E-state index in [0.29, 0.717) is 0 Å². The molecular formula is C11H11Cl2N3S. The molecule has 0 amide bonds. The Kier molecular flexibility index (Phi) is 3.86. The molecule has 0 saturated carbocycles. The predicted octanol–water partition coefficient (Wildman–Crippen LogP) is 3.79. The minimum atomic E-state index is 0.274. The van der Waals surface area contributed by atoms with Gasteiger partial charge in [0.25, 0.3) is 0 Å². The van der Waals surface area contributed by atoms with E-state index in [0.717, 1.165) is 22.4 Å². The monoisotopic (exact) mass is 287 g/mol. The summed E-state index contributed by atoms with van der Waals surface area (Å²) >= 11 is 13.3. The van der Waals surface area contributed by atoms with E-state index >= 15 is 0 Å². The van der Waals surface area contributed by atoms with Crippen LogP contribution in [-0.2, 0) is 6.54 Å². The highest BCUT2D eigenvalue weighted by molar-refractivity contribution is 7.16. The van der Waals surface area contributed by atoms with Gasteiger partial charge in [-0.3, -0.25) is 0 Å². The Labute approximate surface area is 114 Å². The molecule has 2 aromatic heterocycles. The van der Waals surface area contributed by atoms with Crippen molar-refractivity contribution in [2.75, 3.05) is 11.9 Å². The van der Waals surface area contributed by atoms with E-state index in [1.165, 1.54) is 4.88 Å². The maximum atomic E-state index is 5.89. The van der Waals surface area contributed by atoms with Crippen LogP contribution in [0.2, 0.25) is 9.62 Å². The molecule has 2 aromatic rings. The zero-order valence-electron chi connectivity index (χ0n) is 9.44. The number of nitrogens with zero attached hydrogens (tertiary/aromatic N) is 3. The zero-order chi connectivity index (χ0) is 12.4. The third kappa shape index (κ3) is 3.31. The van der Waals surface area contributed by atoms with Gasteiger partial charge in [-0.15, -0.1) is 11.3 Å². The van der Waals surface area contributed by atoms with Crippen LogP contribution in [0, 0.1) is 6.92 Å². The van der Waals surface area contributed by atoms with Crippen LogP contribution in [0.4, 0.5) is 5.82 Å². The van der Waals surface area contributed by atoms with Crippen molar-refractivity contribution < 1.29 is 0 Å². The summed E-state index contributed by atoms with van der Waals surface area (Å²) < 4.78 is 0.797. The number of hydrogen-bond acceptors (Lipinski definition) is 4. The number of aromatic nitrogens is 2. The number of halogens is 2. The first kappa shape index (κ1) is 12.6. The fourth-order valence-corrected chi connectivity index (χ4v) is 2.82. The van der Waals surface area contributed by atoms with Crippen molar-refractivity contribution in [3.05, 3.63) is 38.4 Å². The lowest BCUT2D eigenvalue weighted by Crippen LogP contribution is -2.17. The minimum Gasteiger partial charge on any atom is -0.354 e. The SMILES string of the molecule is Cc1cc(N(C)Cc2ccc(Cl)s2)nc(Cl)n1. The van der Waals surface area contributed by atoms with E-state index in [9.17, 15) is 0 Å². The zero-order valence-corrected chi connectivity index (χ0v) is 11.8. The van der Waals surface area contributed by atoms with Crippen molar-refractivity contribution in [3.63, 3.8) is 0 Å². The van der Waals surface area contributed by atoms with Gasteiger partial charge in [0.15, 0.2) is 0 Å². The molecule has 0 atom stereocenters. The summed E-state index contributed by atoms with van der Waals surface area (Å²) in [7, 11) is 1.96. The molecule has 0 fully saturated rings. The average molecular weight is 288 g/mol. The molecule has 0 unspecified atom stereocenters. The number of thiophene rings is 1. The summed E-state index contributed by atoms with van der Waals surface area (Å²) in [5.74, 6) is 0.812. The van der Waals surface area contributed by atoms with Crippen LogP contribution in [0.15, 0.2) is 18.2 Å². The van der Waals surface area contributed by atoms with Crippen molar-refractivity contribution in [2.24, 2.45) is 0 Å². The number of rotatable bonds is 3. The molecule has 0 radical (unpaired) electrons. The Bertz CT molecular complexity index is 507. The molecule has 0 spiro atoms. The summed E-state index contributed by atoms with van der Waals surface area (Å²) in [6.45, 7) is 2.65. The first-order valence-electron chi connectivity index (χ1n) is 5.01. The second-order valence-electron chi connectivity index (χ2n) is 3.70. The fourth-order valence-electron chi connectivity index (χ4n) is 1.46. The lowest BCUT2D eigenvalue weighted by atomic mass is 10.4. The lowest BCUT2D eigenvalue weighted by Gasteiger charge is -2.17. The molecule has 2 rings (SSSR count). The number of anilines is 1. The number of hydrogen-bond donors (Lipinski definition) is 0. The van der Waals surface area contributed by atoms with Gasteiger partial charge >= 0.3 is 0 Å². The van der Waals surface area contributed by atoms with Gasteiger partial charge in [-0.25, -0.2) is 9.97 Å². The molecule has 2 heterocycles. The minimum absolute atomic E-state index is 0.274. The van der Waals surface area contributed by atoms with E-state index in [1.807, 2.05) is 37.1 Å². The molecule has 0 aliphatic heterocycles. The maximum absolute atomic E-state index is 5.89. The largest absolute Gasteiger partial charge is 0.354 e. The summed E-state index contributed by atoms with van der Waals surface area (Å²) in [5.41, 5.74) is 0.857. The second kappa shape index (κ2) is 5.21. The molecule has 6 heteroatoms. The Morgan fingerprint density at radius 2 is 2.06 bits per heavy atom. The van der Waals surface area contributed by atoms with Crippen molar-refractivity contribution in [1.29, 1.82) is 0 Å². The standard InChI is InChI=1S/C11H11Cl2N3S/c1-7-5-10(15-11(13)14-7)16(2)6-8-3-4-9(12)17-8/h3-5H,6H2,1-2H3. The van der Waals surface area contributed by atoms with Gasteiger partial charge in [-0.2, -0.15) is 0 Å². The van der Waals surface area contributed by atoms with E-state index in [4.69, 9.17) is 23.2 Å². The second-order valence-corrected chi connectivity index (χ2v) is 5.84. The molecule has 3 nitrogen and oxygen atoms in total. The molecule has 0 aromatic carbocycles. The third-order valence-electron chi connectivity index (χ3n) is 2.23. The molecule has 0 aliphatic carbocycles. The van der Waals surface area contributed by atoms with Crippen LogP contribution >= 0.6 is 34.5 Å². The predicted molar refractivity (Wildman–Crippen MR) is 73.2 cm³/mol. The van der Waals surface area contributed by atoms with Gasteiger partial charge in [-0.05, 0) is 30.7 Å². The van der Waals surface area contributed by atoms with E-state index in [1.54, 1.807) is 11.3 Å². The molecule has 0 aliphatic rings.